The van der Waals surface area contributed by atoms with Crippen LogP contribution in [-0.4, -0.2) is 33.8 Å². The van der Waals surface area contributed by atoms with Gasteiger partial charge in [-0.15, -0.1) is 0 Å². The molecule has 1 aromatic carbocycles. The number of imide groups is 1. The van der Waals surface area contributed by atoms with Gasteiger partial charge in [0.1, 0.15) is 6.04 Å². The van der Waals surface area contributed by atoms with Crippen LogP contribution < -0.4 is 0 Å². The van der Waals surface area contributed by atoms with Crippen LogP contribution in [0, 0.1) is 5.41 Å². The number of carboxylic acid groups (broad SMARTS) is 1. The number of hydrogen-bond acceptors (Lipinski definition) is 3. The molecule has 1 atom stereocenters. The van der Waals surface area contributed by atoms with Gasteiger partial charge in [-0.25, -0.2) is 4.79 Å². The maximum Gasteiger partial charge on any atom is 0.327 e. The maximum atomic E-state index is 12.9. The maximum absolute atomic E-state index is 12.9. The molecule has 1 aliphatic carbocycles. The summed E-state index contributed by atoms with van der Waals surface area (Å²) in [5.41, 5.74) is 0.171. The molecule has 2 aliphatic rings. The lowest BCUT2D eigenvalue weighted by Crippen LogP contribution is -2.48. The number of benzene rings is 1. The normalized spacial score (nSPS) is 21.7. The molecule has 2 fully saturated rings. The molecule has 2 amide bonds. The lowest BCUT2D eigenvalue weighted by atomic mass is 9.73. The lowest BCUT2D eigenvalue weighted by Gasteiger charge is -2.31. The average molecular weight is 315 g/mol. The van der Waals surface area contributed by atoms with E-state index in [0.29, 0.717) is 12.8 Å². The molecule has 1 aliphatic heterocycles. The van der Waals surface area contributed by atoms with E-state index in [1.807, 2.05) is 30.3 Å². The van der Waals surface area contributed by atoms with Crippen molar-refractivity contribution in [3.8, 4) is 0 Å². The molecule has 1 saturated carbocycles. The summed E-state index contributed by atoms with van der Waals surface area (Å²) in [5, 5.41) is 9.57. The second-order valence-corrected chi connectivity index (χ2v) is 6.63. The first-order chi connectivity index (χ1) is 11.0. The van der Waals surface area contributed by atoms with E-state index in [4.69, 9.17) is 0 Å². The minimum absolute atomic E-state index is 0.156. The van der Waals surface area contributed by atoms with Gasteiger partial charge in [-0.2, -0.15) is 0 Å². The van der Waals surface area contributed by atoms with E-state index in [1.54, 1.807) is 0 Å². The summed E-state index contributed by atoms with van der Waals surface area (Å²) in [6.07, 6.45) is 4.67. The van der Waals surface area contributed by atoms with Gasteiger partial charge >= 0.3 is 5.97 Å². The van der Waals surface area contributed by atoms with Crippen molar-refractivity contribution >= 4 is 17.8 Å². The topological polar surface area (TPSA) is 74.7 Å². The van der Waals surface area contributed by atoms with Crippen LogP contribution >= 0.6 is 0 Å². The molecule has 23 heavy (non-hydrogen) atoms. The summed E-state index contributed by atoms with van der Waals surface area (Å²) in [6, 6.07) is 8.02. The first-order valence-electron chi connectivity index (χ1n) is 8.17. The fourth-order valence-corrected chi connectivity index (χ4v) is 3.88. The van der Waals surface area contributed by atoms with Crippen molar-refractivity contribution in [2.75, 3.05) is 0 Å². The Labute approximate surface area is 135 Å². The van der Waals surface area contributed by atoms with Crippen molar-refractivity contribution in [2.45, 2.75) is 51.0 Å². The van der Waals surface area contributed by atoms with Crippen molar-refractivity contribution in [1.29, 1.82) is 0 Å². The van der Waals surface area contributed by atoms with Crippen LogP contribution in [0.5, 0.6) is 0 Å². The van der Waals surface area contributed by atoms with Gasteiger partial charge in [0.05, 0.1) is 5.41 Å². The fraction of sp³-hybridized carbons (Fsp3) is 0.500. The minimum Gasteiger partial charge on any atom is -0.480 e. The highest BCUT2D eigenvalue weighted by Gasteiger charge is 2.54. The van der Waals surface area contributed by atoms with E-state index in [-0.39, 0.29) is 24.7 Å². The van der Waals surface area contributed by atoms with Crippen molar-refractivity contribution in [3.05, 3.63) is 35.9 Å². The number of carbonyl (C=O) groups is 3. The zero-order valence-electron chi connectivity index (χ0n) is 13.0. The number of carboxylic acids is 1. The standard InChI is InChI=1S/C18H21NO4/c20-15-12-18(9-5-2-6-10-18)17(23)19(15)14(16(21)22)11-13-7-3-1-4-8-13/h1,3-4,7-8,14H,2,5-6,9-12H2,(H,21,22). The number of rotatable bonds is 4. The Morgan fingerprint density at radius 3 is 2.39 bits per heavy atom. The Morgan fingerprint density at radius 2 is 1.78 bits per heavy atom. The van der Waals surface area contributed by atoms with Crippen LogP contribution in [0.25, 0.3) is 0 Å². The first kappa shape index (κ1) is 15.7. The predicted octanol–water partition coefficient (Wildman–Crippen LogP) is 2.39. The molecule has 5 nitrogen and oxygen atoms in total. The van der Waals surface area contributed by atoms with Crippen LogP contribution in [0.4, 0.5) is 0 Å². The Kier molecular flexibility index (Phi) is 4.20. The molecule has 1 spiro atoms. The SMILES string of the molecule is O=C(O)C(Cc1ccccc1)N1C(=O)CC2(CCCCC2)C1=O. The molecule has 122 valence electrons. The summed E-state index contributed by atoms with van der Waals surface area (Å²) >= 11 is 0. The summed E-state index contributed by atoms with van der Waals surface area (Å²) < 4.78 is 0. The summed E-state index contributed by atoms with van der Waals surface area (Å²) in [4.78, 5) is 38.0. The largest absolute Gasteiger partial charge is 0.480 e. The monoisotopic (exact) mass is 315 g/mol. The first-order valence-corrected chi connectivity index (χ1v) is 8.17. The molecule has 0 radical (unpaired) electrons. The van der Waals surface area contributed by atoms with Gasteiger partial charge in [0.25, 0.3) is 0 Å². The van der Waals surface area contributed by atoms with E-state index in [0.717, 1.165) is 29.7 Å². The molecule has 0 aromatic heterocycles. The van der Waals surface area contributed by atoms with Gasteiger partial charge < -0.3 is 5.11 Å². The number of nitrogens with zero attached hydrogens (tertiary/aromatic N) is 1. The third kappa shape index (κ3) is 2.87. The number of aliphatic carboxylic acids is 1. The minimum atomic E-state index is -1.12. The van der Waals surface area contributed by atoms with E-state index in [2.05, 4.69) is 0 Å². The van der Waals surface area contributed by atoms with Gasteiger partial charge in [-0.05, 0) is 18.4 Å². The van der Waals surface area contributed by atoms with Gasteiger partial charge in [0, 0.05) is 12.8 Å². The van der Waals surface area contributed by atoms with E-state index in [1.165, 1.54) is 0 Å². The van der Waals surface area contributed by atoms with Crippen LogP contribution in [0.2, 0.25) is 0 Å². The highest BCUT2D eigenvalue weighted by molar-refractivity contribution is 6.08. The molecule has 1 N–H and O–H groups in total. The van der Waals surface area contributed by atoms with E-state index >= 15 is 0 Å². The highest BCUT2D eigenvalue weighted by atomic mass is 16.4. The average Bonchev–Trinajstić information content (AvgIpc) is 2.77. The van der Waals surface area contributed by atoms with E-state index < -0.39 is 17.4 Å². The molecule has 1 aromatic rings. The molecule has 1 saturated heterocycles. The van der Waals surface area contributed by atoms with Gasteiger partial charge in [0.15, 0.2) is 0 Å². The molecular formula is C18H21NO4. The van der Waals surface area contributed by atoms with Gasteiger partial charge in [-0.1, -0.05) is 49.6 Å². The molecular weight excluding hydrogens is 294 g/mol. The molecule has 3 rings (SSSR count). The molecule has 0 bridgehead atoms. The molecule has 5 heteroatoms. The highest BCUT2D eigenvalue weighted by Crippen LogP contribution is 2.46. The van der Waals surface area contributed by atoms with Crippen LogP contribution in [0.1, 0.15) is 44.1 Å². The lowest BCUT2D eigenvalue weighted by molar-refractivity contribution is -0.156. The van der Waals surface area contributed by atoms with Crippen molar-refractivity contribution < 1.29 is 19.5 Å². The number of hydrogen-bond donors (Lipinski definition) is 1. The third-order valence-electron chi connectivity index (χ3n) is 5.11. The Bertz CT molecular complexity index is 619. The summed E-state index contributed by atoms with van der Waals surface area (Å²) in [5.74, 6) is -1.73. The summed E-state index contributed by atoms with van der Waals surface area (Å²) in [7, 11) is 0. The quantitative estimate of drug-likeness (QED) is 0.866. The van der Waals surface area contributed by atoms with Gasteiger partial charge in [0.2, 0.25) is 11.8 Å². The van der Waals surface area contributed by atoms with Gasteiger partial charge in [-0.3, -0.25) is 14.5 Å². The predicted molar refractivity (Wildman–Crippen MR) is 83.6 cm³/mol. The van der Waals surface area contributed by atoms with Crippen LogP contribution in [0.3, 0.4) is 0 Å². The Morgan fingerprint density at radius 1 is 1.13 bits per heavy atom. The molecule has 1 unspecified atom stereocenters. The summed E-state index contributed by atoms with van der Waals surface area (Å²) in [6.45, 7) is 0. The van der Waals surface area contributed by atoms with Crippen molar-refractivity contribution in [1.82, 2.24) is 4.90 Å². The second-order valence-electron chi connectivity index (χ2n) is 6.63. The van der Waals surface area contributed by atoms with E-state index in [9.17, 15) is 19.5 Å². The van der Waals surface area contributed by atoms with Crippen LogP contribution in [0.15, 0.2) is 30.3 Å². The smallest absolute Gasteiger partial charge is 0.327 e. The third-order valence-corrected chi connectivity index (χ3v) is 5.11. The second kappa shape index (κ2) is 6.14. The number of likely N-dealkylation sites (tertiary alicyclic amines) is 1. The Hall–Kier alpha value is -2.17. The van der Waals surface area contributed by atoms with Crippen molar-refractivity contribution in [3.63, 3.8) is 0 Å². The fourth-order valence-electron chi connectivity index (χ4n) is 3.88. The van der Waals surface area contributed by atoms with Crippen LogP contribution in [-0.2, 0) is 20.8 Å². The number of amides is 2. The zero-order valence-corrected chi connectivity index (χ0v) is 13.0. The number of carbonyl (C=O) groups excluding carboxylic acids is 2. The zero-order chi connectivity index (χ0) is 16.4. The Balaban J connectivity index is 1.86. The molecule has 1 heterocycles. The van der Waals surface area contributed by atoms with Crippen molar-refractivity contribution in [2.24, 2.45) is 5.41 Å².